The number of rotatable bonds is 2. The first-order chi connectivity index (χ1) is 3.66. The Balaban J connectivity index is 3.38. The molecule has 0 aliphatic carbocycles. The van der Waals surface area contributed by atoms with Gasteiger partial charge in [0.1, 0.15) is 6.10 Å². The molecule has 8 heavy (non-hydrogen) atoms. The molecule has 0 aromatic rings. The Labute approximate surface area is 49.1 Å². The first kappa shape index (κ1) is 7.21. The number of hydrogen-bond acceptors (Lipinski definition) is 2. The molecule has 0 bridgehead atoms. The molecule has 0 saturated heterocycles. The van der Waals surface area contributed by atoms with Crippen molar-refractivity contribution in [3.05, 3.63) is 12.7 Å². The van der Waals surface area contributed by atoms with E-state index >= 15 is 0 Å². The van der Waals surface area contributed by atoms with Gasteiger partial charge >= 0.3 is 5.97 Å². The van der Waals surface area contributed by atoms with Crippen LogP contribution in [0.2, 0.25) is 0 Å². The highest BCUT2D eigenvalue weighted by Crippen LogP contribution is 1.89. The molecule has 46 valence electrons. The first-order valence-electron chi connectivity index (χ1n) is 2.46. The van der Waals surface area contributed by atoms with Gasteiger partial charge in [0.05, 0.1) is 0 Å². The fourth-order valence-electron chi connectivity index (χ4n) is 0.310. The summed E-state index contributed by atoms with van der Waals surface area (Å²) >= 11 is 0. The van der Waals surface area contributed by atoms with E-state index < -0.39 is 0 Å². The fraction of sp³-hybridized carbons (Fsp3) is 0.500. The van der Waals surface area contributed by atoms with Crippen molar-refractivity contribution in [3.63, 3.8) is 0 Å². The maximum absolute atomic E-state index is 10.1. The molecule has 0 heterocycles. The van der Waals surface area contributed by atoms with Gasteiger partial charge in [-0.2, -0.15) is 0 Å². The standard InChI is InChI=1S/C6H10O2/c1-4-5(2)8-6(3)7/h4-5H,1H2,2-3H3/t5-/m1/s1. The van der Waals surface area contributed by atoms with Gasteiger partial charge in [0.15, 0.2) is 0 Å². The van der Waals surface area contributed by atoms with Crippen LogP contribution in [0.1, 0.15) is 13.8 Å². The van der Waals surface area contributed by atoms with E-state index in [2.05, 4.69) is 11.3 Å². The quantitative estimate of drug-likeness (QED) is 0.397. The molecule has 0 fully saturated rings. The number of carbonyl (C=O) groups excluding carboxylic acids is 1. The lowest BCUT2D eigenvalue weighted by Crippen LogP contribution is -2.07. The number of carbonyl (C=O) groups is 1. The van der Waals surface area contributed by atoms with Crippen molar-refractivity contribution in [1.29, 1.82) is 0 Å². The maximum atomic E-state index is 10.1. The van der Waals surface area contributed by atoms with Crippen LogP contribution in [0.4, 0.5) is 0 Å². The van der Waals surface area contributed by atoms with Crippen molar-refractivity contribution >= 4 is 5.97 Å². The van der Waals surface area contributed by atoms with E-state index in [-0.39, 0.29) is 12.1 Å². The number of ether oxygens (including phenoxy) is 1. The third-order valence-corrected chi connectivity index (χ3v) is 0.684. The summed E-state index contributed by atoms with van der Waals surface area (Å²) in [6.45, 7) is 6.57. The summed E-state index contributed by atoms with van der Waals surface area (Å²) in [5.41, 5.74) is 0. The van der Waals surface area contributed by atoms with Gasteiger partial charge in [-0.05, 0) is 6.92 Å². The molecular weight excluding hydrogens is 104 g/mol. The average molecular weight is 114 g/mol. The van der Waals surface area contributed by atoms with Crippen LogP contribution >= 0.6 is 0 Å². The summed E-state index contributed by atoms with van der Waals surface area (Å²) in [5, 5.41) is 0. The first-order valence-corrected chi connectivity index (χ1v) is 2.46. The molecule has 0 rings (SSSR count). The number of esters is 1. The molecule has 1 atom stereocenters. The summed E-state index contributed by atoms with van der Waals surface area (Å²) in [7, 11) is 0. The minimum atomic E-state index is -0.266. The van der Waals surface area contributed by atoms with Crippen LogP contribution in [0.15, 0.2) is 12.7 Å². The van der Waals surface area contributed by atoms with Crippen LogP contribution in [-0.4, -0.2) is 12.1 Å². The Kier molecular flexibility index (Phi) is 2.92. The lowest BCUT2D eigenvalue weighted by Gasteiger charge is -2.03. The molecule has 0 radical (unpaired) electrons. The second-order valence-electron chi connectivity index (χ2n) is 1.55. The molecular formula is C6H10O2. The van der Waals surface area contributed by atoms with Crippen LogP contribution in [-0.2, 0) is 9.53 Å². The van der Waals surface area contributed by atoms with E-state index in [4.69, 9.17) is 0 Å². The van der Waals surface area contributed by atoms with E-state index in [1.165, 1.54) is 6.92 Å². The largest absolute Gasteiger partial charge is 0.459 e. The Bertz CT molecular complexity index is 96.7. The van der Waals surface area contributed by atoms with Crippen LogP contribution in [0.5, 0.6) is 0 Å². The van der Waals surface area contributed by atoms with Crippen LogP contribution in [0.25, 0.3) is 0 Å². The summed E-state index contributed by atoms with van der Waals surface area (Å²) in [4.78, 5) is 10.1. The second kappa shape index (κ2) is 3.24. The Hall–Kier alpha value is -0.790. The monoisotopic (exact) mass is 114 g/mol. The molecule has 2 heteroatoms. The highest BCUT2D eigenvalue weighted by molar-refractivity contribution is 5.66. The lowest BCUT2D eigenvalue weighted by molar-refractivity contribution is -0.143. The van der Waals surface area contributed by atoms with Crippen LogP contribution in [0.3, 0.4) is 0 Å². The average Bonchev–Trinajstić information content (AvgIpc) is 1.65. The second-order valence-corrected chi connectivity index (χ2v) is 1.55. The van der Waals surface area contributed by atoms with Gasteiger partial charge in [-0.15, -0.1) is 0 Å². The SMILES string of the molecule is C=C[C@@H](C)OC(C)=O. The van der Waals surface area contributed by atoms with Gasteiger partial charge in [0, 0.05) is 6.92 Å². The fourth-order valence-corrected chi connectivity index (χ4v) is 0.310. The minimum Gasteiger partial charge on any atom is -0.459 e. The third-order valence-electron chi connectivity index (χ3n) is 0.684. The van der Waals surface area contributed by atoms with Crippen molar-refractivity contribution in [2.24, 2.45) is 0 Å². The van der Waals surface area contributed by atoms with E-state index in [1.807, 2.05) is 0 Å². The Morgan fingerprint density at radius 3 is 2.50 bits per heavy atom. The molecule has 0 aliphatic heterocycles. The van der Waals surface area contributed by atoms with Crippen molar-refractivity contribution in [2.45, 2.75) is 20.0 Å². The molecule has 0 unspecified atom stereocenters. The summed E-state index contributed by atoms with van der Waals surface area (Å²) in [6, 6.07) is 0. The van der Waals surface area contributed by atoms with Gasteiger partial charge in [-0.3, -0.25) is 4.79 Å². The van der Waals surface area contributed by atoms with E-state index in [1.54, 1.807) is 13.0 Å². The highest BCUT2D eigenvalue weighted by atomic mass is 16.5. The van der Waals surface area contributed by atoms with E-state index in [0.29, 0.717) is 0 Å². The van der Waals surface area contributed by atoms with Gasteiger partial charge < -0.3 is 4.74 Å². The summed E-state index contributed by atoms with van der Waals surface area (Å²) < 4.78 is 4.64. The smallest absolute Gasteiger partial charge is 0.303 e. The highest BCUT2D eigenvalue weighted by Gasteiger charge is 1.96. The van der Waals surface area contributed by atoms with Crippen molar-refractivity contribution < 1.29 is 9.53 Å². The molecule has 0 aliphatic rings. The normalized spacial score (nSPS) is 12.2. The molecule has 0 spiro atoms. The van der Waals surface area contributed by atoms with E-state index in [0.717, 1.165) is 0 Å². The topological polar surface area (TPSA) is 26.3 Å². The molecule has 0 saturated carbocycles. The summed E-state index contributed by atoms with van der Waals surface area (Å²) in [5.74, 6) is -0.266. The van der Waals surface area contributed by atoms with Gasteiger partial charge in [0.2, 0.25) is 0 Å². The van der Waals surface area contributed by atoms with Gasteiger partial charge in [-0.1, -0.05) is 12.7 Å². The van der Waals surface area contributed by atoms with E-state index in [9.17, 15) is 4.79 Å². The lowest BCUT2D eigenvalue weighted by atomic mass is 10.4. The molecule has 0 aromatic heterocycles. The molecule has 0 N–H and O–H groups in total. The van der Waals surface area contributed by atoms with Gasteiger partial charge in [0.25, 0.3) is 0 Å². The zero-order valence-electron chi connectivity index (χ0n) is 5.18. The predicted octanol–water partition coefficient (Wildman–Crippen LogP) is 1.12. The van der Waals surface area contributed by atoms with Gasteiger partial charge in [-0.25, -0.2) is 0 Å². The zero-order valence-corrected chi connectivity index (χ0v) is 5.18. The van der Waals surface area contributed by atoms with Crippen molar-refractivity contribution in [3.8, 4) is 0 Å². The third kappa shape index (κ3) is 3.40. The molecule has 0 amide bonds. The maximum Gasteiger partial charge on any atom is 0.303 e. The molecule has 2 nitrogen and oxygen atoms in total. The summed E-state index contributed by atoms with van der Waals surface area (Å²) in [6.07, 6.45) is 1.41. The Morgan fingerprint density at radius 1 is 1.88 bits per heavy atom. The Morgan fingerprint density at radius 2 is 2.38 bits per heavy atom. The van der Waals surface area contributed by atoms with Crippen LogP contribution < -0.4 is 0 Å². The van der Waals surface area contributed by atoms with Crippen molar-refractivity contribution in [1.82, 2.24) is 0 Å². The molecule has 0 aromatic carbocycles. The minimum absolute atomic E-state index is 0.160. The van der Waals surface area contributed by atoms with Crippen molar-refractivity contribution in [2.75, 3.05) is 0 Å². The predicted molar refractivity (Wildman–Crippen MR) is 31.4 cm³/mol. The number of hydrogen-bond donors (Lipinski definition) is 0. The zero-order chi connectivity index (χ0) is 6.57. The van der Waals surface area contributed by atoms with Crippen LogP contribution in [0, 0.1) is 0 Å².